The minimum absolute atomic E-state index is 0.344. The van der Waals surface area contributed by atoms with Crippen LogP contribution in [0.3, 0.4) is 0 Å². The molecule has 1 unspecified atom stereocenters. The van der Waals surface area contributed by atoms with E-state index in [0.717, 1.165) is 0 Å². The van der Waals surface area contributed by atoms with Crippen LogP contribution in [0.2, 0.25) is 0 Å². The van der Waals surface area contributed by atoms with E-state index in [1.54, 1.807) is 0 Å². The lowest BCUT2D eigenvalue weighted by molar-refractivity contribution is 0.545. The van der Waals surface area contributed by atoms with Gasteiger partial charge in [0, 0.05) is 5.69 Å². The lowest BCUT2D eigenvalue weighted by Crippen LogP contribution is -2.17. The average Bonchev–Trinajstić information content (AvgIpc) is 2.45. The van der Waals surface area contributed by atoms with Crippen molar-refractivity contribution in [1.29, 1.82) is 0 Å². The fraction of sp³-hybridized carbons (Fsp3) is 0.368. The SMILES string of the molecule is CC(C)c1ccccc1NC(c1ccccc1)C(C)C. The first-order chi connectivity index (χ1) is 9.59. The van der Waals surface area contributed by atoms with Crippen LogP contribution in [0.1, 0.15) is 50.8 Å². The molecular weight excluding hydrogens is 242 g/mol. The summed E-state index contributed by atoms with van der Waals surface area (Å²) < 4.78 is 0. The number of nitrogens with one attached hydrogen (secondary N) is 1. The first kappa shape index (κ1) is 14.6. The molecule has 0 saturated heterocycles. The van der Waals surface area contributed by atoms with E-state index in [4.69, 9.17) is 0 Å². The van der Waals surface area contributed by atoms with Crippen LogP contribution in [0.25, 0.3) is 0 Å². The number of hydrogen-bond acceptors (Lipinski definition) is 1. The molecule has 106 valence electrons. The Morgan fingerprint density at radius 1 is 0.750 bits per heavy atom. The maximum absolute atomic E-state index is 3.74. The van der Waals surface area contributed by atoms with Gasteiger partial charge in [0.15, 0.2) is 0 Å². The first-order valence-electron chi connectivity index (χ1n) is 7.50. The Morgan fingerprint density at radius 3 is 1.95 bits per heavy atom. The van der Waals surface area contributed by atoms with Gasteiger partial charge in [0.25, 0.3) is 0 Å². The van der Waals surface area contributed by atoms with Gasteiger partial charge in [-0.2, -0.15) is 0 Å². The predicted octanol–water partition coefficient (Wildman–Crippen LogP) is 5.62. The largest absolute Gasteiger partial charge is 0.378 e. The summed E-state index contributed by atoms with van der Waals surface area (Å²) in [6.45, 7) is 9.02. The van der Waals surface area contributed by atoms with Crippen molar-refractivity contribution in [2.24, 2.45) is 5.92 Å². The fourth-order valence-corrected chi connectivity index (χ4v) is 2.59. The Bertz CT molecular complexity index is 528. The molecule has 0 aliphatic heterocycles. The zero-order valence-corrected chi connectivity index (χ0v) is 12.9. The minimum atomic E-state index is 0.344. The second-order valence-corrected chi connectivity index (χ2v) is 6.02. The van der Waals surface area contributed by atoms with Crippen LogP contribution < -0.4 is 5.32 Å². The zero-order chi connectivity index (χ0) is 14.5. The highest BCUT2D eigenvalue weighted by molar-refractivity contribution is 5.54. The monoisotopic (exact) mass is 267 g/mol. The molecule has 0 amide bonds. The third kappa shape index (κ3) is 3.41. The van der Waals surface area contributed by atoms with Crippen LogP contribution in [0, 0.1) is 5.92 Å². The third-order valence-electron chi connectivity index (χ3n) is 3.72. The Labute approximate surface area is 123 Å². The van der Waals surface area contributed by atoms with Crippen molar-refractivity contribution in [2.75, 3.05) is 5.32 Å². The quantitative estimate of drug-likeness (QED) is 0.741. The summed E-state index contributed by atoms with van der Waals surface area (Å²) in [6.07, 6.45) is 0. The maximum Gasteiger partial charge on any atom is 0.0536 e. The lowest BCUT2D eigenvalue weighted by atomic mass is 9.94. The van der Waals surface area contributed by atoms with E-state index in [9.17, 15) is 0 Å². The number of rotatable bonds is 5. The van der Waals surface area contributed by atoms with Crippen LogP contribution >= 0.6 is 0 Å². The van der Waals surface area contributed by atoms with E-state index in [1.807, 2.05) is 0 Å². The molecule has 0 aliphatic carbocycles. The molecule has 0 bridgehead atoms. The molecule has 0 aliphatic rings. The number of hydrogen-bond donors (Lipinski definition) is 1. The molecule has 1 N–H and O–H groups in total. The molecule has 2 rings (SSSR count). The van der Waals surface area contributed by atoms with Crippen molar-refractivity contribution in [2.45, 2.75) is 39.7 Å². The molecule has 0 spiro atoms. The van der Waals surface area contributed by atoms with Crippen LogP contribution in [0.15, 0.2) is 54.6 Å². The highest BCUT2D eigenvalue weighted by Gasteiger charge is 2.17. The minimum Gasteiger partial charge on any atom is -0.378 e. The molecule has 20 heavy (non-hydrogen) atoms. The molecule has 1 heteroatoms. The number of benzene rings is 2. The summed E-state index contributed by atoms with van der Waals surface area (Å²) in [5, 5.41) is 3.74. The second-order valence-electron chi connectivity index (χ2n) is 6.02. The van der Waals surface area contributed by atoms with Gasteiger partial charge in [0.05, 0.1) is 6.04 Å². The molecule has 2 aromatic carbocycles. The molecule has 0 aromatic heterocycles. The normalized spacial score (nSPS) is 12.7. The molecule has 0 saturated carbocycles. The predicted molar refractivity (Wildman–Crippen MR) is 88.2 cm³/mol. The zero-order valence-electron chi connectivity index (χ0n) is 12.9. The molecule has 1 nitrogen and oxygen atoms in total. The summed E-state index contributed by atoms with van der Waals surface area (Å²) in [7, 11) is 0. The van der Waals surface area contributed by atoms with Gasteiger partial charge >= 0.3 is 0 Å². The van der Waals surface area contributed by atoms with Gasteiger partial charge in [0.1, 0.15) is 0 Å². The van der Waals surface area contributed by atoms with E-state index >= 15 is 0 Å². The van der Waals surface area contributed by atoms with Gasteiger partial charge < -0.3 is 5.32 Å². The molecule has 1 atom stereocenters. The molecule has 2 aromatic rings. The standard InChI is InChI=1S/C19H25N/c1-14(2)17-12-8-9-13-18(17)20-19(15(3)4)16-10-6-5-7-11-16/h5-15,19-20H,1-4H3. The van der Waals surface area contributed by atoms with Gasteiger partial charge in [-0.25, -0.2) is 0 Å². The Balaban J connectivity index is 2.30. The summed E-state index contributed by atoms with van der Waals surface area (Å²) >= 11 is 0. The van der Waals surface area contributed by atoms with Crippen molar-refractivity contribution in [3.8, 4) is 0 Å². The Kier molecular flexibility index (Phi) is 4.84. The van der Waals surface area contributed by atoms with E-state index in [1.165, 1.54) is 16.8 Å². The average molecular weight is 267 g/mol. The first-order valence-corrected chi connectivity index (χ1v) is 7.50. The van der Waals surface area contributed by atoms with Crippen molar-refractivity contribution >= 4 is 5.69 Å². The van der Waals surface area contributed by atoms with Gasteiger partial charge in [0.2, 0.25) is 0 Å². The van der Waals surface area contributed by atoms with Gasteiger partial charge in [-0.1, -0.05) is 76.2 Å². The van der Waals surface area contributed by atoms with E-state index in [0.29, 0.717) is 17.9 Å². The molecule has 0 fully saturated rings. The summed E-state index contributed by atoms with van der Waals surface area (Å²) in [5.41, 5.74) is 3.99. The van der Waals surface area contributed by atoms with Crippen molar-refractivity contribution in [3.05, 3.63) is 65.7 Å². The number of para-hydroxylation sites is 1. The fourth-order valence-electron chi connectivity index (χ4n) is 2.59. The highest BCUT2D eigenvalue weighted by atomic mass is 14.9. The van der Waals surface area contributed by atoms with E-state index < -0.39 is 0 Å². The number of anilines is 1. The second kappa shape index (κ2) is 6.60. The van der Waals surface area contributed by atoms with Gasteiger partial charge in [-0.3, -0.25) is 0 Å². The van der Waals surface area contributed by atoms with Crippen LogP contribution in [-0.4, -0.2) is 0 Å². The van der Waals surface area contributed by atoms with Crippen LogP contribution in [0.4, 0.5) is 5.69 Å². The van der Waals surface area contributed by atoms with Crippen LogP contribution in [0.5, 0.6) is 0 Å². The topological polar surface area (TPSA) is 12.0 Å². The van der Waals surface area contributed by atoms with E-state index in [-0.39, 0.29) is 0 Å². The maximum atomic E-state index is 3.74. The van der Waals surface area contributed by atoms with Crippen LogP contribution in [-0.2, 0) is 0 Å². The smallest absolute Gasteiger partial charge is 0.0536 e. The molecule has 0 radical (unpaired) electrons. The highest BCUT2D eigenvalue weighted by Crippen LogP contribution is 2.30. The van der Waals surface area contributed by atoms with Gasteiger partial charge in [-0.15, -0.1) is 0 Å². The Morgan fingerprint density at radius 2 is 1.35 bits per heavy atom. The molecular formula is C19H25N. The summed E-state index contributed by atoms with van der Waals surface area (Å²) in [5.74, 6) is 1.07. The lowest BCUT2D eigenvalue weighted by Gasteiger charge is -2.26. The van der Waals surface area contributed by atoms with Crippen molar-refractivity contribution < 1.29 is 0 Å². The van der Waals surface area contributed by atoms with Gasteiger partial charge in [-0.05, 0) is 29.0 Å². The van der Waals surface area contributed by atoms with Crippen molar-refractivity contribution in [1.82, 2.24) is 0 Å². The summed E-state index contributed by atoms with van der Waals surface area (Å²) in [6, 6.07) is 19.7. The van der Waals surface area contributed by atoms with Crippen molar-refractivity contribution in [3.63, 3.8) is 0 Å². The van der Waals surface area contributed by atoms with E-state index in [2.05, 4.69) is 87.6 Å². The molecule has 0 heterocycles. The Hall–Kier alpha value is -1.76. The third-order valence-corrected chi connectivity index (χ3v) is 3.72. The summed E-state index contributed by atoms with van der Waals surface area (Å²) in [4.78, 5) is 0.